The van der Waals surface area contributed by atoms with E-state index >= 15 is 0 Å². The molecule has 0 heterocycles. The standard InChI is InChI=1S/C10H11FN2O3/c1-13(10(14)15)6-7-2-3-8(5-12-16)9(11)4-7/h2-5,16H,6H2,1H3,(H,14,15). The topological polar surface area (TPSA) is 73.1 Å². The molecule has 0 fully saturated rings. The van der Waals surface area contributed by atoms with Crippen molar-refractivity contribution >= 4 is 12.3 Å². The Morgan fingerprint density at radius 1 is 1.62 bits per heavy atom. The number of benzene rings is 1. The zero-order valence-corrected chi connectivity index (χ0v) is 8.59. The number of amides is 1. The molecule has 0 radical (unpaired) electrons. The summed E-state index contributed by atoms with van der Waals surface area (Å²) in [5.74, 6) is -0.561. The molecule has 0 aliphatic heterocycles. The van der Waals surface area contributed by atoms with Crippen molar-refractivity contribution in [2.75, 3.05) is 7.05 Å². The van der Waals surface area contributed by atoms with Gasteiger partial charge in [-0.2, -0.15) is 0 Å². The molecular weight excluding hydrogens is 215 g/mol. The van der Waals surface area contributed by atoms with Gasteiger partial charge in [-0.15, -0.1) is 0 Å². The largest absolute Gasteiger partial charge is 0.465 e. The molecule has 0 aliphatic carbocycles. The molecule has 0 aromatic heterocycles. The van der Waals surface area contributed by atoms with E-state index in [2.05, 4.69) is 5.16 Å². The predicted octanol–water partition coefficient (Wildman–Crippen LogP) is 1.74. The molecule has 0 bridgehead atoms. The molecule has 2 N–H and O–H groups in total. The summed E-state index contributed by atoms with van der Waals surface area (Å²) < 4.78 is 13.3. The van der Waals surface area contributed by atoms with E-state index < -0.39 is 11.9 Å². The SMILES string of the molecule is CN(Cc1ccc(C=NO)c(F)c1)C(=O)O. The number of nitrogens with zero attached hydrogens (tertiary/aromatic N) is 2. The van der Waals surface area contributed by atoms with Crippen molar-refractivity contribution in [1.29, 1.82) is 0 Å². The molecule has 5 nitrogen and oxygen atoms in total. The molecule has 0 unspecified atom stereocenters. The van der Waals surface area contributed by atoms with E-state index in [1.54, 1.807) is 6.07 Å². The van der Waals surface area contributed by atoms with Crippen molar-refractivity contribution in [3.05, 3.63) is 35.1 Å². The van der Waals surface area contributed by atoms with Crippen LogP contribution in [-0.4, -0.2) is 34.6 Å². The quantitative estimate of drug-likeness (QED) is 0.468. The molecule has 1 amide bonds. The summed E-state index contributed by atoms with van der Waals surface area (Å²) in [6, 6.07) is 4.19. The zero-order valence-electron chi connectivity index (χ0n) is 8.59. The number of hydrogen-bond donors (Lipinski definition) is 2. The third-order valence-corrected chi connectivity index (χ3v) is 2.01. The highest BCUT2D eigenvalue weighted by Gasteiger charge is 2.08. The molecule has 1 aromatic carbocycles. The highest BCUT2D eigenvalue weighted by Crippen LogP contribution is 2.10. The van der Waals surface area contributed by atoms with E-state index in [0.717, 1.165) is 11.1 Å². The first kappa shape index (κ1) is 12.0. The van der Waals surface area contributed by atoms with Gasteiger partial charge >= 0.3 is 6.09 Å². The van der Waals surface area contributed by atoms with E-state index in [1.807, 2.05) is 0 Å². The number of rotatable bonds is 3. The maximum Gasteiger partial charge on any atom is 0.407 e. The Kier molecular flexibility index (Phi) is 3.82. The van der Waals surface area contributed by atoms with Crippen molar-refractivity contribution in [2.24, 2.45) is 5.16 Å². The predicted molar refractivity (Wildman–Crippen MR) is 55.3 cm³/mol. The van der Waals surface area contributed by atoms with Gasteiger partial charge in [0.05, 0.1) is 6.21 Å². The van der Waals surface area contributed by atoms with Gasteiger partial charge < -0.3 is 15.2 Å². The fourth-order valence-corrected chi connectivity index (χ4v) is 1.18. The number of oxime groups is 1. The average molecular weight is 226 g/mol. The molecule has 86 valence electrons. The highest BCUT2D eigenvalue weighted by molar-refractivity contribution is 5.79. The van der Waals surface area contributed by atoms with Crippen LogP contribution >= 0.6 is 0 Å². The molecule has 0 spiro atoms. The molecule has 0 atom stereocenters. The van der Waals surface area contributed by atoms with E-state index in [0.29, 0.717) is 5.56 Å². The Bertz CT molecular complexity index is 421. The van der Waals surface area contributed by atoms with Crippen LogP contribution in [0.4, 0.5) is 9.18 Å². The Hall–Kier alpha value is -2.11. The Balaban J connectivity index is 2.85. The van der Waals surface area contributed by atoms with E-state index in [9.17, 15) is 9.18 Å². The molecule has 1 aromatic rings. The molecule has 0 aliphatic rings. The molecule has 0 saturated heterocycles. The van der Waals surface area contributed by atoms with Gasteiger partial charge in [0.2, 0.25) is 0 Å². The minimum Gasteiger partial charge on any atom is -0.465 e. The molecular formula is C10H11FN2O3. The van der Waals surface area contributed by atoms with Crippen LogP contribution in [0.5, 0.6) is 0 Å². The van der Waals surface area contributed by atoms with Crippen molar-refractivity contribution in [3.8, 4) is 0 Å². The normalized spacial score (nSPS) is 10.6. The minimum atomic E-state index is -1.08. The fourth-order valence-electron chi connectivity index (χ4n) is 1.18. The second kappa shape index (κ2) is 5.11. The summed E-state index contributed by atoms with van der Waals surface area (Å²) in [4.78, 5) is 11.6. The molecule has 16 heavy (non-hydrogen) atoms. The van der Waals surface area contributed by atoms with Gasteiger partial charge in [-0.05, 0) is 11.6 Å². The van der Waals surface area contributed by atoms with Crippen LogP contribution < -0.4 is 0 Å². The summed E-state index contributed by atoms with van der Waals surface area (Å²) in [5.41, 5.74) is 0.668. The van der Waals surface area contributed by atoms with E-state index in [4.69, 9.17) is 10.3 Å². The minimum absolute atomic E-state index is 0.100. The van der Waals surface area contributed by atoms with Crippen LogP contribution in [0.1, 0.15) is 11.1 Å². The average Bonchev–Trinajstić information content (AvgIpc) is 2.22. The van der Waals surface area contributed by atoms with Gasteiger partial charge in [0, 0.05) is 19.2 Å². The highest BCUT2D eigenvalue weighted by atomic mass is 19.1. The summed E-state index contributed by atoms with van der Waals surface area (Å²) in [6.45, 7) is 0.100. The van der Waals surface area contributed by atoms with Crippen molar-refractivity contribution in [1.82, 2.24) is 4.90 Å². The van der Waals surface area contributed by atoms with Crippen molar-refractivity contribution < 1.29 is 19.5 Å². The first-order valence-corrected chi connectivity index (χ1v) is 4.44. The Morgan fingerprint density at radius 3 is 2.81 bits per heavy atom. The lowest BCUT2D eigenvalue weighted by molar-refractivity contribution is 0.153. The van der Waals surface area contributed by atoms with Crippen LogP contribution in [0.3, 0.4) is 0 Å². The monoisotopic (exact) mass is 226 g/mol. The first-order valence-electron chi connectivity index (χ1n) is 4.44. The van der Waals surface area contributed by atoms with Gasteiger partial charge in [-0.25, -0.2) is 9.18 Å². The number of carbonyl (C=O) groups is 1. The van der Waals surface area contributed by atoms with Gasteiger partial charge in [0.25, 0.3) is 0 Å². The van der Waals surface area contributed by atoms with Crippen LogP contribution in [-0.2, 0) is 6.54 Å². The summed E-state index contributed by atoms with van der Waals surface area (Å²) >= 11 is 0. The Labute approximate surface area is 91.4 Å². The number of halogens is 1. The second-order valence-electron chi connectivity index (χ2n) is 3.24. The number of hydrogen-bond acceptors (Lipinski definition) is 3. The van der Waals surface area contributed by atoms with Gasteiger partial charge in [0.15, 0.2) is 0 Å². The third kappa shape index (κ3) is 2.94. The first-order chi connectivity index (χ1) is 7.54. The van der Waals surface area contributed by atoms with E-state index in [-0.39, 0.29) is 12.1 Å². The molecule has 0 saturated carbocycles. The molecule has 6 heteroatoms. The zero-order chi connectivity index (χ0) is 12.1. The maximum atomic E-state index is 13.3. The lowest BCUT2D eigenvalue weighted by Crippen LogP contribution is -2.23. The fraction of sp³-hybridized carbons (Fsp3) is 0.200. The van der Waals surface area contributed by atoms with Crippen molar-refractivity contribution in [3.63, 3.8) is 0 Å². The smallest absolute Gasteiger partial charge is 0.407 e. The van der Waals surface area contributed by atoms with Gasteiger partial charge in [-0.3, -0.25) is 0 Å². The van der Waals surface area contributed by atoms with Crippen LogP contribution in [0.25, 0.3) is 0 Å². The summed E-state index contributed by atoms with van der Waals surface area (Å²) in [5, 5.41) is 19.6. The van der Waals surface area contributed by atoms with Crippen LogP contribution in [0, 0.1) is 5.82 Å². The van der Waals surface area contributed by atoms with Crippen LogP contribution in [0.2, 0.25) is 0 Å². The van der Waals surface area contributed by atoms with Crippen LogP contribution in [0.15, 0.2) is 23.4 Å². The third-order valence-electron chi connectivity index (χ3n) is 2.01. The lowest BCUT2D eigenvalue weighted by Gasteiger charge is -2.12. The second-order valence-corrected chi connectivity index (χ2v) is 3.24. The summed E-state index contributed by atoms with van der Waals surface area (Å²) in [6.07, 6.45) is -0.110. The lowest BCUT2D eigenvalue weighted by atomic mass is 10.1. The van der Waals surface area contributed by atoms with E-state index in [1.165, 1.54) is 19.2 Å². The van der Waals surface area contributed by atoms with Gasteiger partial charge in [0.1, 0.15) is 5.82 Å². The van der Waals surface area contributed by atoms with Gasteiger partial charge in [-0.1, -0.05) is 17.3 Å². The number of carboxylic acid groups (broad SMARTS) is 1. The maximum absolute atomic E-state index is 13.3. The van der Waals surface area contributed by atoms with Crippen molar-refractivity contribution in [2.45, 2.75) is 6.54 Å². The molecule has 1 rings (SSSR count). The summed E-state index contributed by atoms with van der Waals surface area (Å²) in [7, 11) is 1.39. The Morgan fingerprint density at radius 2 is 2.31 bits per heavy atom.